The number of hydrogen-bond donors (Lipinski definition) is 1. The molecule has 26 heavy (non-hydrogen) atoms. The van der Waals surface area contributed by atoms with E-state index in [1.165, 1.54) is 76.3 Å². The van der Waals surface area contributed by atoms with Crippen LogP contribution in [-0.4, -0.2) is 12.6 Å². The second kappa shape index (κ2) is 14.2. The monoisotopic (exact) mass is 401 g/mol. The van der Waals surface area contributed by atoms with E-state index in [1.54, 1.807) is 0 Å². The van der Waals surface area contributed by atoms with Crippen molar-refractivity contribution in [1.82, 2.24) is 0 Å². The summed E-state index contributed by atoms with van der Waals surface area (Å²) in [5.41, 5.74) is 6.30. The number of benzene rings is 1. The molecule has 1 aromatic rings. The van der Waals surface area contributed by atoms with E-state index in [4.69, 9.17) is 33.7 Å². The van der Waals surface area contributed by atoms with Crippen LogP contribution in [0.4, 0.5) is 5.69 Å². The smallest absolute Gasteiger partial charge is 0.339 e. The summed E-state index contributed by atoms with van der Waals surface area (Å²) in [4.78, 5) is 12.0. The molecule has 0 saturated heterocycles. The minimum atomic E-state index is -0.443. The molecule has 0 unspecified atom stereocenters. The van der Waals surface area contributed by atoms with E-state index >= 15 is 0 Å². The molecule has 0 aromatic heterocycles. The van der Waals surface area contributed by atoms with E-state index < -0.39 is 5.97 Å². The predicted octanol–water partition coefficient (Wildman–Crippen LogP) is 7.43. The average Bonchev–Trinajstić information content (AvgIpc) is 2.62. The molecule has 0 saturated carbocycles. The zero-order chi connectivity index (χ0) is 19.2. The van der Waals surface area contributed by atoms with Gasteiger partial charge in [0.15, 0.2) is 0 Å². The normalized spacial score (nSPS) is 10.9. The Morgan fingerprint density at radius 2 is 1.35 bits per heavy atom. The van der Waals surface area contributed by atoms with E-state index in [-0.39, 0.29) is 10.6 Å². The molecule has 0 heterocycles. The van der Waals surface area contributed by atoms with E-state index in [9.17, 15) is 4.79 Å². The zero-order valence-corrected chi connectivity index (χ0v) is 17.5. The summed E-state index contributed by atoms with van der Waals surface area (Å²) in [7, 11) is 0. The summed E-state index contributed by atoms with van der Waals surface area (Å²) in [5.74, 6) is -0.443. The lowest BCUT2D eigenvalue weighted by Crippen LogP contribution is -2.08. The molecule has 0 aliphatic heterocycles. The van der Waals surface area contributed by atoms with Crippen molar-refractivity contribution in [2.45, 2.75) is 84.0 Å². The highest BCUT2D eigenvalue weighted by Gasteiger charge is 2.14. The van der Waals surface area contributed by atoms with Gasteiger partial charge < -0.3 is 10.5 Å². The Hall–Kier alpha value is -0.930. The topological polar surface area (TPSA) is 52.3 Å². The van der Waals surface area contributed by atoms with Gasteiger partial charge in [-0.2, -0.15) is 0 Å². The lowest BCUT2D eigenvalue weighted by Gasteiger charge is -2.08. The maximum Gasteiger partial charge on any atom is 0.339 e. The first kappa shape index (κ1) is 23.1. The second-order valence-electron chi connectivity index (χ2n) is 6.88. The van der Waals surface area contributed by atoms with Gasteiger partial charge in [-0.1, -0.05) is 101 Å². The van der Waals surface area contributed by atoms with E-state index in [2.05, 4.69) is 6.92 Å². The Kier molecular flexibility index (Phi) is 12.6. The van der Waals surface area contributed by atoms with Gasteiger partial charge in [-0.25, -0.2) is 4.79 Å². The highest BCUT2D eigenvalue weighted by Crippen LogP contribution is 2.27. The van der Waals surface area contributed by atoms with Gasteiger partial charge in [0.1, 0.15) is 0 Å². The number of anilines is 1. The summed E-state index contributed by atoms with van der Waals surface area (Å²) in [6.45, 7) is 2.67. The molecular formula is C21H33Cl2NO2. The van der Waals surface area contributed by atoms with Crippen LogP contribution in [0.2, 0.25) is 10.0 Å². The fourth-order valence-corrected chi connectivity index (χ4v) is 3.37. The third-order valence-electron chi connectivity index (χ3n) is 4.54. The van der Waals surface area contributed by atoms with Crippen molar-refractivity contribution in [2.75, 3.05) is 12.3 Å². The van der Waals surface area contributed by atoms with Gasteiger partial charge in [0.2, 0.25) is 0 Å². The third-order valence-corrected chi connectivity index (χ3v) is 5.18. The highest BCUT2D eigenvalue weighted by atomic mass is 35.5. The van der Waals surface area contributed by atoms with Crippen molar-refractivity contribution in [3.8, 4) is 0 Å². The maximum atomic E-state index is 12.0. The Bertz CT molecular complexity index is 535. The van der Waals surface area contributed by atoms with Gasteiger partial charge in [-0.3, -0.25) is 0 Å². The molecule has 3 nitrogen and oxygen atoms in total. The van der Waals surface area contributed by atoms with Gasteiger partial charge in [0.25, 0.3) is 0 Å². The molecule has 0 radical (unpaired) electrons. The molecule has 0 amide bonds. The van der Waals surface area contributed by atoms with Crippen molar-refractivity contribution in [2.24, 2.45) is 0 Å². The Morgan fingerprint density at radius 1 is 0.846 bits per heavy atom. The predicted molar refractivity (Wildman–Crippen MR) is 112 cm³/mol. The van der Waals surface area contributed by atoms with Gasteiger partial charge in [0.05, 0.1) is 27.9 Å². The largest absolute Gasteiger partial charge is 0.462 e. The quantitative estimate of drug-likeness (QED) is 0.200. The molecule has 0 aliphatic rings. The molecule has 0 fully saturated rings. The van der Waals surface area contributed by atoms with E-state index in [0.29, 0.717) is 17.3 Å². The number of nitrogen functional groups attached to an aromatic ring is 1. The van der Waals surface area contributed by atoms with Crippen molar-refractivity contribution >= 4 is 34.9 Å². The number of hydrogen-bond acceptors (Lipinski definition) is 3. The van der Waals surface area contributed by atoms with E-state index in [1.807, 2.05) is 0 Å². The first-order chi connectivity index (χ1) is 12.6. The maximum absolute atomic E-state index is 12.0. The lowest BCUT2D eigenvalue weighted by molar-refractivity contribution is 0.0498. The minimum absolute atomic E-state index is 0.267. The standard InChI is InChI=1S/C21H33Cl2NO2/c1-2-3-4-5-6-7-8-9-10-11-12-13-14-26-21(25)17-15-20(24)19(23)16-18(17)22/h15-16H,2-14,24H2,1H3. The summed E-state index contributed by atoms with van der Waals surface area (Å²) in [5, 5.41) is 0.608. The molecule has 2 N–H and O–H groups in total. The third kappa shape index (κ3) is 9.68. The number of rotatable bonds is 14. The van der Waals surface area contributed by atoms with Crippen LogP contribution in [0.25, 0.3) is 0 Å². The Balaban J connectivity index is 2.01. The number of ether oxygens (including phenoxy) is 1. The molecule has 0 bridgehead atoms. The van der Waals surface area contributed by atoms with Crippen LogP contribution >= 0.6 is 23.2 Å². The van der Waals surface area contributed by atoms with E-state index in [0.717, 1.165) is 12.8 Å². The summed E-state index contributed by atoms with van der Waals surface area (Å²) in [6.07, 6.45) is 15.3. The number of unbranched alkanes of at least 4 members (excludes halogenated alkanes) is 11. The average molecular weight is 402 g/mol. The molecule has 0 aliphatic carbocycles. The van der Waals surface area contributed by atoms with Gasteiger partial charge >= 0.3 is 5.97 Å². The number of halogens is 2. The lowest BCUT2D eigenvalue weighted by atomic mass is 10.1. The van der Waals surface area contributed by atoms with Crippen LogP contribution in [-0.2, 0) is 4.74 Å². The molecule has 1 aromatic carbocycles. The first-order valence-corrected chi connectivity index (χ1v) is 10.7. The number of esters is 1. The Labute approximate surface area is 168 Å². The minimum Gasteiger partial charge on any atom is -0.462 e. The van der Waals surface area contributed by atoms with Crippen LogP contribution in [0.1, 0.15) is 94.3 Å². The second-order valence-corrected chi connectivity index (χ2v) is 7.69. The van der Waals surface area contributed by atoms with Crippen LogP contribution < -0.4 is 5.73 Å². The number of carbonyl (C=O) groups excluding carboxylic acids is 1. The molecular weight excluding hydrogens is 369 g/mol. The van der Waals surface area contributed by atoms with Crippen molar-refractivity contribution in [3.05, 3.63) is 27.7 Å². The van der Waals surface area contributed by atoms with Crippen LogP contribution in [0.5, 0.6) is 0 Å². The number of nitrogens with two attached hydrogens (primary N) is 1. The summed E-state index contributed by atoms with van der Waals surface area (Å²) in [6, 6.07) is 2.94. The van der Waals surface area contributed by atoms with Crippen LogP contribution in [0.3, 0.4) is 0 Å². The Morgan fingerprint density at radius 3 is 1.88 bits per heavy atom. The zero-order valence-electron chi connectivity index (χ0n) is 16.0. The summed E-state index contributed by atoms with van der Waals surface area (Å²) >= 11 is 11.9. The van der Waals surface area contributed by atoms with Crippen LogP contribution in [0, 0.1) is 0 Å². The SMILES string of the molecule is CCCCCCCCCCCCCCOC(=O)c1cc(N)c(Cl)cc1Cl. The molecule has 1 rings (SSSR count). The first-order valence-electron chi connectivity index (χ1n) is 9.98. The van der Waals surface area contributed by atoms with Crippen molar-refractivity contribution < 1.29 is 9.53 Å². The van der Waals surface area contributed by atoms with Crippen molar-refractivity contribution in [1.29, 1.82) is 0 Å². The summed E-state index contributed by atoms with van der Waals surface area (Å²) < 4.78 is 5.27. The van der Waals surface area contributed by atoms with Gasteiger partial charge in [0, 0.05) is 0 Å². The molecule has 5 heteroatoms. The molecule has 0 atom stereocenters. The molecule has 0 spiro atoms. The van der Waals surface area contributed by atoms with Crippen LogP contribution in [0.15, 0.2) is 12.1 Å². The fourth-order valence-electron chi connectivity index (χ4n) is 2.91. The highest BCUT2D eigenvalue weighted by molar-refractivity contribution is 6.38. The number of carbonyl (C=O) groups is 1. The fraction of sp³-hybridized carbons (Fsp3) is 0.667. The van der Waals surface area contributed by atoms with Gasteiger partial charge in [-0.05, 0) is 18.6 Å². The van der Waals surface area contributed by atoms with Gasteiger partial charge in [-0.15, -0.1) is 0 Å². The molecule has 148 valence electrons. The van der Waals surface area contributed by atoms with Crippen molar-refractivity contribution in [3.63, 3.8) is 0 Å².